The minimum absolute atomic E-state index is 0.0263. The van der Waals surface area contributed by atoms with Crippen LogP contribution >= 0.6 is 0 Å². The zero-order valence-electron chi connectivity index (χ0n) is 15.5. The molecule has 0 saturated carbocycles. The van der Waals surface area contributed by atoms with E-state index in [1.54, 1.807) is 19.1 Å². The fourth-order valence-corrected chi connectivity index (χ4v) is 3.74. The molecule has 1 aliphatic rings. The predicted octanol–water partition coefficient (Wildman–Crippen LogP) is 2.76. The molecule has 2 aromatic rings. The zero-order valence-corrected chi connectivity index (χ0v) is 15.5. The van der Waals surface area contributed by atoms with Crippen LogP contribution in [0.4, 0.5) is 4.39 Å². The van der Waals surface area contributed by atoms with Crippen LogP contribution in [0.1, 0.15) is 56.3 Å². The normalized spacial score (nSPS) is 12.6. The quantitative estimate of drug-likeness (QED) is 0.820. The number of hydrogen-bond acceptors (Lipinski definition) is 3. The number of ether oxygens (including phenoxy) is 1. The highest BCUT2D eigenvalue weighted by atomic mass is 19.1. The molecule has 3 N–H and O–H groups in total. The lowest BCUT2D eigenvalue weighted by atomic mass is 9.93. The van der Waals surface area contributed by atoms with E-state index in [1.807, 2.05) is 0 Å². The van der Waals surface area contributed by atoms with Gasteiger partial charge in [-0.1, -0.05) is 6.07 Å². The van der Waals surface area contributed by atoms with Crippen LogP contribution in [-0.4, -0.2) is 25.5 Å². The first-order valence-electron chi connectivity index (χ1n) is 9.04. The molecular weight excluding hydrogens is 347 g/mol. The molecule has 0 bridgehead atoms. The first-order valence-corrected chi connectivity index (χ1v) is 9.04. The maximum absolute atomic E-state index is 14.4. The molecular formula is C21H23FN2O3. The topological polar surface area (TPSA) is 81.4 Å². The Balaban J connectivity index is 1.98. The molecule has 2 amide bonds. The van der Waals surface area contributed by atoms with Gasteiger partial charge in [-0.2, -0.15) is 0 Å². The summed E-state index contributed by atoms with van der Waals surface area (Å²) in [5, 5.41) is 2.59. The van der Waals surface area contributed by atoms with E-state index in [-0.39, 0.29) is 5.56 Å². The maximum Gasteiger partial charge on any atom is 0.254 e. The molecule has 0 unspecified atom stereocenters. The standard InChI is InChI=1S/C21H23FN2O3/c1-3-24-21(26)16-8-7-12(10-18(16)22)9-13-11-17(20(23)25)19(27-2)15-6-4-5-14(13)15/h7-8,10-11H,3-6,9H2,1-2H3,(H2,23,25)(H,24,26). The Morgan fingerprint density at radius 3 is 2.56 bits per heavy atom. The van der Waals surface area contributed by atoms with Crippen LogP contribution in [0.5, 0.6) is 5.75 Å². The average molecular weight is 370 g/mol. The number of amides is 2. The second-order valence-corrected chi connectivity index (χ2v) is 6.64. The highest BCUT2D eigenvalue weighted by molar-refractivity contribution is 5.97. The van der Waals surface area contributed by atoms with Gasteiger partial charge in [-0.15, -0.1) is 0 Å². The van der Waals surface area contributed by atoms with Crippen molar-refractivity contribution in [1.82, 2.24) is 5.32 Å². The number of benzene rings is 2. The Labute approximate surface area is 157 Å². The van der Waals surface area contributed by atoms with Crippen molar-refractivity contribution in [1.29, 1.82) is 0 Å². The number of nitrogens with two attached hydrogens (primary N) is 1. The molecule has 1 aliphatic carbocycles. The minimum atomic E-state index is -0.557. The smallest absolute Gasteiger partial charge is 0.254 e. The summed E-state index contributed by atoms with van der Waals surface area (Å²) in [6, 6.07) is 6.36. The van der Waals surface area contributed by atoms with Gasteiger partial charge in [-0.05, 0) is 73.1 Å². The molecule has 0 spiro atoms. The van der Waals surface area contributed by atoms with Crippen LogP contribution in [0.25, 0.3) is 0 Å². The van der Waals surface area contributed by atoms with Crippen molar-refractivity contribution in [3.63, 3.8) is 0 Å². The Morgan fingerprint density at radius 1 is 1.19 bits per heavy atom. The summed E-state index contributed by atoms with van der Waals surface area (Å²) in [6.07, 6.45) is 3.15. The number of rotatable bonds is 6. The number of carbonyl (C=O) groups excluding carboxylic acids is 2. The van der Waals surface area contributed by atoms with Gasteiger partial charge in [0, 0.05) is 6.54 Å². The van der Waals surface area contributed by atoms with Gasteiger partial charge >= 0.3 is 0 Å². The van der Waals surface area contributed by atoms with E-state index in [9.17, 15) is 14.0 Å². The van der Waals surface area contributed by atoms with Gasteiger partial charge < -0.3 is 15.8 Å². The number of methoxy groups -OCH3 is 1. The van der Waals surface area contributed by atoms with Crippen molar-refractivity contribution >= 4 is 11.8 Å². The van der Waals surface area contributed by atoms with Crippen LogP contribution < -0.4 is 15.8 Å². The molecule has 5 nitrogen and oxygen atoms in total. The molecule has 2 aromatic carbocycles. The van der Waals surface area contributed by atoms with Crippen molar-refractivity contribution in [3.05, 3.63) is 63.5 Å². The van der Waals surface area contributed by atoms with E-state index in [0.29, 0.717) is 24.3 Å². The number of carbonyl (C=O) groups is 2. The lowest BCUT2D eigenvalue weighted by Crippen LogP contribution is -2.23. The van der Waals surface area contributed by atoms with E-state index in [4.69, 9.17) is 10.5 Å². The molecule has 0 radical (unpaired) electrons. The summed E-state index contributed by atoms with van der Waals surface area (Å²) in [7, 11) is 1.54. The zero-order chi connectivity index (χ0) is 19.6. The third-order valence-corrected chi connectivity index (χ3v) is 4.92. The monoisotopic (exact) mass is 370 g/mol. The van der Waals surface area contributed by atoms with Gasteiger partial charge in [-0.3, -0.25) is 9.59 Å². The highest BCUT2D eigenvalue weighted by Crippen LogP contribution is 2.37. The molecule has 142 valence electrons. The number of primary amides is 1. The van der Waals surface area contributed by atoms with Crippen molar-refractivity contribution in [3.8, 4) is 5.75 Å². The van der Waals surface area contributed by atoms with Gasteiger partial charge in [-0.25, -0.2) is 4.39 Å². The fraction of sp³-hybridized carbons (Fsp3) is 0.333. The summed E-state index contributed by atoms with van der Waals surface area (Å²) < 4.78 is 19.8. The minimum Gasteiger partial charge on any atom is -0.496 e. The Kier molecular flexibility index (Phi) is 5.44. The summed E-state index contributed by atoms with van der Waals surface area (Å²) >= 11 is 0. The molecule has 3 rings (SSSR count). The van der Waals surface area contributed by atoms with E-state index < -0.39 is 17.6 Å². The summed E-state index contributed by atoms with van der Waals surface area (Å²) in [4.78, 5) is 23.7. The molecule has 0 atom stereocenters. The number of nitrogens with one attached hydrogen (secondary N) is 1. The van der Waals surface area contributed by atoms with Crippen molar-refractivity contribution in [2.45, 2.75) is 32.6 Å². The molecule has 0 heterocycles. The van der Waals surface area contributed by atoms with Gasteiger partial charge in [0.05, 0.1) is 18.2 Å². The molecule has 0 aromatic heterocycles. The van der Waals surface area contributed by atoms with Crippen LogP contribution in [0, 0.1) is 5.82 Å². The largest absolute Gasteiger partial charge is 0.496 e. The predicted molar refractivity (Wildman–Crippen MR) is 101 cm³/mol. The van der Waals surface area contributed by atoms with Crippen molar-refractivity contribution in [2.24, 2.45) is 5.73 Å². The third kappa shape index (κ3) is 3.65. The second-order valence-electron chi connectivity index (χ2n) is 6.64. The Morgan fingerprint density at radius 2 is 1.93 bits per heavy atom. The summed E-state index contributed by atoms with van der Waals surface area (Å²) in [5.74, 6) is -0.973. The van der Waals surface area contributed by atoms with Gasteiger partial charge in [0.15, 0.2) is 0 Å². The third-order valence-electron chi connectivity index (χ3n) is 4.92. The van der Waals surface area contributed by atoms with Gasteiger partial charge in [0.2, 0.25) is 0 Å². The van der Waals surface area contributed by atoms with Crippen molar-refractivity contribution < 1.29 is 18.7 Å². The second kappa shape index (κ2) is 7.78. The van der Waals surface area contributed by atoms with Gasteiger partial charge in [0.1, 0.15) is 11.6 Å². The van der Waals surface area contributed by atoms with E-state index >= 15 is 0 Å². The fourth-order valence-electron chi connectivity index (χ4n) is 3.74. The molecule has 6 heteroatoms. The van der Waals surface area contributed by atoms with E-state index in [1.165, 1.54) is 19.2 Å². The van der Waals surface area contributed by atoms with Gasteiger partial charge in [0.25, 0.3) is 11.8 Å². The van der Waals surface area contributed by atoms with Crippen molar-refractivity contribution in [2.75, 3.05) is 13.7 Å². The first kappa shape index (κ1) is 18.9. The molecule has 0 fully saturated rings. The van der Waals surface area contributed by atoms with Crippen LogP contribution in [-0.2, 0) is 19.3 Å². The molecule has 27 heavy (non-hydrogen) atoms. The summed E-state index contributed by atoms with van der Waals surface area (Å²) in [6.45, 7) is 2.22. The summed E-state index contributed by atoms with van der Waals surface area (Å²) in [5.41, 5.74) is 9.75. The maximum atomic E-state index is 14.4. The lowest BCUT2D eigenvalue weighted by molar-refractivity contribution is 0.0950. The Hall–Kier alpha value is -2.89. The Bertz CT molecular complexity index is 909. The number of halogens is 1. The lowest BCUT2D eigenvalue weighted by Gasteiger charge is -2.16. The van der Waals surface area contributed by atoms with E-state index in [2.05, 4.69) is 5.32 Å². The molecule has 0 aliphatic heterocycles. The van der Waals surface area contributed by atoms with E-state index in [0.717, 1.165) is 41.5 Å². The number of fused-ring (bicyclic) bond motifs is 1. The SMILES string of the molecule is CCNC(=O)c1ccc(Cc2cc(C(N)=O)c(OC)c3c2CCC3)cc1F. The number of hydrogen-bond donors (Lipinski definition) is 2. The highest BCUT2D eigenvalue weighted by Gasteiger charge is 2.25. The van der Waals surface area contributed by atoms with Crippen LogP contribution in [0.3, 0.4) is 0 Å². The van der Waals surface area contributed by atoms with Crippen LogP contribution in [0.15, 0.2) is 24.3 Å². The molecule has 0 saturated heterocycles. The average Bonchev–Trinajstić information content (AvgIpc) is 3.11. The first-order chi connectivity index (χ1) is 13.0. The van der Waals surface area contributed by atoms with Crippen LogP contribution in [0.2, 0.25) is 0 Å².